The normalized spacial score (nSPS) is 13.9. The Bertz CT molecular complexity index is 1160. The van der Waals surface area contributed by atoms with Crippen molar-refractivity contribution in [2.24, 2.45) is 0 Å². The number of hydrogen-bond donors (Lipinski definition) is 2. The zero-order chi connectivity index (χ0) is 24.5. The fraction of sp³-hybridized carbons (Fsp3) is 0.480. The van der Waals surface area contributed by atoms with Crippen molar-refractivity contribution in [3.8, 4) is 10.6 Å². The smallest absolute Gasteiger partial charge is 0.410 e. The first-order valence-electron chi connectivity index (χ1n) is 11.6. The number of fused-ring (bicyclic) bond motifs is 2. The van der Waals surface area contributed by atoms with Gasteiger partial charge in [0.05, 0.1) is 16.8 Å². The Balaban J connectivity index is 1.64. The molecule has 2 N–H and O–H groups in total. The lowest BCUT2D eigenvalue weighted by molar-refractivity contribution is -0.116. The van der Waals surface area contributed by atoms with Gasteiger partial charge < -0.3 is 20.3 Å². The van der Waals surface area contributed by atoms with E-state index in [0.29, 0.717) is 38.5 Å². The van der Waals surface area contributed by atoms with Crippen LogP contribution < -0.4 is 10.6 Å². The number of nitrogens with one attached hydrogen (secondary N) is 2. The number of carbonyl (C=O) groups excluding carboxylic acids is 2. The first-order chi connectivity index (χ1) is 16.1. The van der Waals surface area contributed by atoms with Crippen molar-refractivity contribution in [2.75, 3.05) is 18.4 Å². The van der Waals surface area contributed by atoms with E-state index >= 15 is 0 Å². The largest absolute Gasteiger partial charge is 0.444 e. The van der Waals surface area contributed by atoms with Crippen LogP contribution in [0.2, 0.25) is 0 Å². The van der Waals surface area contributed by atoms with E-state index < -0.39 is 5.60 Å². The number of benzene rings is 1. The van der Waals surface area contributed by atoms with E-state index in [2.05, 4.69) is 30.5 Å². The zero-order valence-electron chi connectivity index (χ0n) is 20.4. The number of ether oxygens (including phenoxy) is 1. The summed E-state index contributed by atoms with van der Waals surface area (Å²) in [5.41, 5.74) is 2.57. The summed E-state index contributed by atoms with van der Waals surface area (Å²) in [4.78, 5) is 33.1. The van der Waals surface area contributed by atoms with Gasteiger partial charge in [-0.15, -0.1) is 22.7 Å². The van der Waals surface area contributed by atoms with Gasteiger partial charge in [-0.2, -0.15) is 0 Å². The molecule has 182 valence electrons. The van der Waals surface area contributed by atoms with Crippen molar-refractivity contribution >= 4 is 49.9 Å². The topological polar surface area (TPSA) is 83.6 Å². The molecule has 1 aliphatic heterocycles. The SMILES string of the molecule is CC(C)NCCC(=O)Nc1sc2c(c1-c1nc3ccccc3s1)CCN(C(=O)OC(C)(C)C)C2. The molecule has 0 aliphatic carbocycles. The third-order valence-electron chi connectivity index (χ3n) is 5.37. The molecule has 0 spiro atoms. The summed E-state index contributed by atoms with van der Waals surface area (Å²) in [6.45, 7) is 11.4. The van der Waals surface area contributed by atoms with Crippen molar-refractivity contribution in [1.29, 1.82) is 0 Å². The Kier molecular flexibility index (Phi) is 7.25. The van der Waals surface area contributed by atoms with Crippen LogP contribution in [0.15, 0.2) is 24.3 Å². The fourth-order valence-electron chi connectivity index (χ4n) is 3.84. The van der Waals surface area contributed by atoms with Crippen molar-refractivity contribution in [2.45, 2.75) is 65.6 Å². The molecule has 7 nitrogen and oxygen atoms in total. The summed E-state index contributed by atoms with van der Waals surface area (Å²) < 4.78 is 6.70. The van der Waals surface area contributed by atoms with Gasteiger partial charge in [0.25, 0.3) is 0 Å². The van der Waals surface area contributed by atoms with Crippen LogP contribution in [0.1, 0.15) is 51.5 Å². The average molecular weight is 501 g/mol. The van der Waals surface area contributed by atoms with Crippen molar-refractivity contribution in [3.63, 3.8) is 0 Å². The molecule has 34 heavy (non-hydrogen) atoms. The molecule has 4 rings (SSSR count). The van der Waals surface area contributed by atoms with Gasteiger partial charge in [-0.25, -0.2) is 9.78 Å². The van der Waals surface area contributed by atoms with Crippen molar-refractivity contribution in [3.05, 3.63) is 34.7 Å². The van der Waals surface area contributed by atoms with Crippen LogP contribution in [0.25, 0.3) is 20.8 Å². The number of para-hydroxylation sites is 1. The van der Waals surface area contributed by atoms with Gasteiger partial charge in [0, 0.05) is 36.0 Å². The number of rotatable bonds is 6. The molecule has 0 bridgehead atoms. The molecule has 3 heterocycles. The van der Waals surface area contributed by atoms with Crippen LogP contribution >= 0.6 is 22.7 Å². The summed E-state index contributed by atoms with van der Waals surface area (Å²) >= 11 is 3.17. The fourth-order valence-corrected chi connectivity index (χ4v) is 6.23. The first kappa shape index (κ1) is 24.6. The lowest BCUT2D eigenvalue weighted by atomic mass is 10.0. The summed E-state index contributed by atoms with van der Waals surface area (Å²) in [6.07, 6.45) is 0.781. The lowest BCUT2D eigenvalue weighted by Gasteiger charge is -2.30. The van der Waals surface area contributed by atoms with Gasteiger partial charge in [0.1, 0.15) is 15.6 Å². The second-order valence-corrected chi connectivity index (χ2v) is 11.9. The van der Waals surface area contributed by atoms with Gasteiger partial charge in [0.15, 0.2) is 0 Å². The van der Waals surface area contributed by atoms with E-state index in [1.807, 2.05) is 39.0 Å². The molecule has 2 aromatic heterocycles. The number of anilines is 1. The zero-order valence-corrected chi connectivity index (χ0v) is 22.0. The highest BCUT2D eigenvalue weighted by Crippen LogP contribution is 2.45. The Labute approximate surface area is 208 Å². The third-order valence-corrected chi connectivity index (χ3v) is 7.56. The van der Waals surface area contributed by atoms with Crippen LogP contribution in [0.3, 0.4) is 0 Å². The second kappa shape index (κ2) is 10.0. The van der Waals surface area contributed by atoms with Crippen LogP contribution in [0, 0.1) is 0 Å². The number of thiazole rings is 1. The maximum Gasteiger partial charge on any atom is 0.410 e. The van der Waals surface area contributed by atoms with E-state index in [1.54, 1.807) is 16.2 Å². The standard InChI is InChI=1S/C25H32N4O3S2/c1-15(2)26-12-10-20(30)28-23-21(22-27-17-8-6-7-9-18(17)33-22)16-11-13-29(14-19(16)34-23)24(31)32-25(3,4)5/h6-9,15,26H,10-14H2,1-5H3,(H,28,30). The number of thiophene rings is 1. The molecule has 0 saturated carbocycles. The van der Waals surface area contributed by atoms with Crippen molar-refractivity contribution < 1.29 is 14.3 Å². The molecule has 2 amide bonds. The van der Waals surface area contributed by atoms with Crippen LogP contribution in [-0.2, 0) is 22.5 Å². The predicted molar refractivity (Wildman–Crippen MR) is 140 cm³/mol. The Hall–Kier alpha value is -2.49. The van der Waals surface area contributed by atoms with Gasteiger partial charge in [-0.3, -0.25) is 4.79 Å². The summed E-state index contributed by atoms with van der Waals surface area (Å²) in [5.74, 6) is -0.0295. The van der Waals surface area contributed by atoms with Crippen LogP contribution in [0.5, 0.6) is 0 Å². The summed E-state index contributed by atoms with van der Waals surface area (Å²) in [6, 6.07) is 8.40. The van der Waals surface area contributed by atoms with Crippen LogP contribution in [-0.4, -0.2) is 46.6 Å². The van der Waals surface area contributed by atoms with E-state index in [1.165, 1.54) is 16.9 Å². The minimum absolute atomic E-state index is 0.0295. The molecule has 0 fully saturated rings. The second-order valence-electron chi connectivity index (χ2n) is 9.75. The minimum atomic E-state index is -0.540. The van der Waals surface area contributed by atoms with Gasteiger partial charge >= 0.3 is 6.09 Å². The Morgan fingerprint density at radius 1 is 1.21 bits per heavy atom. The molecule has 3 aromatic rings. The quantitative estimate of drug-likeness (QED) is 0.457. The van der Waals surface area contributed by atoms with E-state index in [-0.39, 0.29) is 12.0 Å². The maximum absolute atomic E-state index is 12.7. The number of aromatic nitrogens is 1. The molecule has 9 heteroatoms. The minimum Gasteiger partial charge on any atom is -0.444 e. The molecule has 0 radical (unpaired) electrons. The Morgan fingerprint density at radius 3 is 2.68 bits per heavy atom. The lowest BCUT2D eigenvalue weighted by Crippen LogP contribution is -2.39. The summed E-state index contributed by atoms with van der Waals surface area (Å²) in [7, 11) is 0. The molecular formula is C25H32N4O3S2. The number of carbonyl (C=O) groups is 2. The van der Waals surface area contributed by atoms with E-state index in [9.17, 15) is 9.59 Å². The number of amides is 2. The number of nitrogens with zero attached hydrogens (tertiary/aromatic N) is 2. The third kappa shape index (κ3) is 5.76. The summed E-state index contributed by atoms with van der Waals surface area (Å²) in [5, 5.41) is 8.14. The van der Waals surface area contributed by atoms with Gasteiger partial charge in [-0.1, -0.05) is 26.0 Å². The van der Waals surface area contributed by atoms with Crippen LogP contribution in [0.4, 0.5) is 9.80 Å². The predicted octanol–water partition coefficient (Wildman–Crippen LogP) is 5.64. The molecule has 0 saturated heterocycles. The number of hydrogen-bond acceptors (Lipinski definition) is 7. The monoisotopic (exact) mass is 500 g/mol. The maximum atomic E-state index is 12.7. The average Bonchev–Trinajstić information content (AvgIpc) is 3.31. The van der Waals surface area contributed by atoms with E-state index in [4.69, 9.17) is 9.72 Å². The highest BCUT2D eigenvalue weighted by Gasteiger charge is 2.31. The Morgan fingerprint density at radius 2 is 1.97 bits per heavy atom. The molecule has 1 aliphatic rings. The van der Waals surface area contributed by atoms with E-state index in [0.717, 1.165) is 30.7 Å². The van der Waals surface area contributed by atoms with Gasteiger partial charge in [-0.05, 0) is 44.9 Å². The molecule has 0 unspecified atom stereocenters. The van der Waals surface area contributed by atoms with Crippen molar-refractivity contribution in [1.82, 2.24) is 15.2 Å². The molecule has 0 atom stereocenters. The molecule has 1 aromatic carbocycles. The highest BCUT2D eigenvalue weighted by atomic mass is 32.1. The van der Waals surface area contributed by atoms with Gasteiger partial charge in [0.2, 0.25) is 5.91 Å². The molecular weight excluding hydrogens is 468 g/mol. The first-order valence-corrected chi connectivity index (χ1v) is 13.3. The highest BCUT2D eigenvalue weighted by molar-refractivity contribution is 7.22.